The van der Waals surface area contributed by atoms with E-state index in [0.717, 1.165) is 5.75 Å². The number of nitrogens with zero attached hydrogens (tertiary/aromatic N) is 1. The first-order chi connectivity index (χ1) is 4.72. The lowest BCUT2D eigenvalue weighted by Crippen LogP contribution is -2.41. The van der Waals surface area contributed by atoms with Gasteiger partial charge in [0.15, 0.2) is 0 Å². The minimum Gasteiger partial charge on any atom is -0.281 e. The highest BCUT2D eigenvalue weighted by atomic mass is 32.2. The molecule has 0 radical (unpaired) electrons. The van der Waals surface area contributed by atoms with E-state index < -0.39 is 0 Å². The lowest BCUT2D eigenvalue weighted by Gasteiger charge is -2.22. The summed E-state index contributed by atoms with van der Waals surface area (Å²) in [5, 5.41) is 0. The van der Waals surface area contributed by atoms with Crippen molar-refractivity contribution in [2.45, 2.75) is 6.92 Å². The molecule has 0 aromatic rings. The molecule has 1 aliphatic rings. The Morgan fingerprint density at radius 2 is 2.40 bits per heavy atom. The van der Waals surface area contributed by atoms with Crippen molar-refractivity contribution in [2.24, 2.45) is 0 Å². The second-order valence-corrected chi connectivity index (χ2v) is 3.22. The van der Waals surface area contributed by atoms with Crippen LogP contribution in [0.5, 0.6) is 0 Å². The summed E-state index contributed by atoms with van der Waals surface area (Å²) in [7, 11) is 0. The molecular formula is C6H9NO2S. The van der Waals surface area contributed by atoms with Gasteiger partial charge in [-0.1, -0.05) is 0 Å². The molecule has 0 aliphatic carbocycles. The van der Waals surface area contributed by atoms with Crippen LogP contribution in [0.15, 0.2) is 0 Å². The normalized spacial score (nSPS) is 19.3. The zero-order chi connectivity index (χ0) is 7.56. The highest BCUT2D eigenvalue weighted by Gasteiger charge is 2.20. The van der Waals surface area contributed by atoms with Crippen molar-refractivity contribution in [3.05, 3.63) is 0 Å². The molecule has 2 amide bonds. The average Bonchev–Trinajstić information content (AvgIpc) is 1.88. The van der Waals surface area contributed by atoms with E-state index in [1.807, 2.05) is 0 Å². The summed E-state index contributed by atoms with van der Waals surface area (Å²) in [6, 6.07) is 0. The van der Waals surface area contributed by atoms with E-state index in [-0.39, 0.29) is 11.8 Å². The number of carbonyl (C=O) groups is 2. The molecule has 0 aromatic heterocycles. The van der Waals surface area contributed by atoms with Crippen LogP contribution in [-0.2, 0) is 9.59 Å². The van der Waals surface area contributed by atoms with Crippen molar-refractivity contribution in [1.29, 1.82) is 0 Å². The lowest BCUT2D eigenvalue weighted by atomic mass is 10.4. The van der Waals surface area contributed by atoms with Crippen LogP contribution in [0, 0.1) is 0 Å². The average molecular weight is 159 g/mol. The topological polar surface area (TPSA) is 37.4 Å². The van der Waals surface area contributed by atoms with Crippen molar-refractivity contribution in [1.82, 2.24) is 4.90 Å². The smallest absolute Gasteiger partial charge is 0.239 e. The molecule has 0 atom stereocenters. The maximum absolute atomic E-state index is 10.9. The van der Waals surface area contributed by atoms with Gasteiger partial charge in [0.1, 0.15) is 0 Å². The van der Waals surface area contributed by atoms with Gasteiger partial charge in [0.25, 0.3) is 0 Å². The van der Waals surface area contributed by atoms with Crippen molar-refractivity contribution in [3.63, 3.8) is 0 Å². The predicted molar refractivity (Wildman–Crippen MR) is 39.7 cm³/mol. The molecule has 1 heterocycles. The fourth-order valence-corrected chi connectivity index (χ4v) is 1.64. The van der Waals surface area contributed by atoms with Crippen LogP contribution < -0.4 is 0 Å². The van der Waals surface area contributed by atoms with E-state index in [2.05, 4.69) is 0 Å². The van der Waals surface area contributed by atoms with Crippen molar-refractivity contribution in [3.8, 4) is 0 Å². The van der Waals surface area contributed by atoms with E-state index in [1.54, 1.807) is 11.8 Å². The Labute approximate surface area is 63.8 Å². The van der Waals surface area contributed by atoms with E-state index >= 15 is 0 Å². The number of imide groups is 1. The number of carbonyl (C=O) groups excluding carboxylic acids is 2. The summed E-state index contributed by atoms with van der Waals surface area (Å²) in [5.74, 6) is 1.15. The second kappa shape index (κ2) is 3.05. The lowest BCUT2D eigenvalue weighted by molar-refractivity contribution is -0.141. The summed E-state index contributed by atoms with van der Waals surface area (Å²) in [6.45, 7) is 2.01. The zero-order valence-corrected chi connectivity index (χ0v) is 6.61. The summed E-state index contributed by atoms with van der Waals surface area (Å²) in [6.07, 6.45) is 0. The molecule has 0 aromatic carbocycles. The molecule has 0 saturated carbocycles. The number of thioether (sulfide) groups is 1. The standard InChI is InChI=1S/C6H9NO2S/c1-5(8)7-2-3-10-4-6(7)9/h2-4H2,1H3. The van der Waals surface area contributed by atoms with Gasteiger partial charge in [-0.05, 0) is 0 Å². The fraction of sp³-hybridized carbons (Fsp3) is 0.667. The highest BCUT2D eigenvalue weighted by molar-refractivity contribution is 8.00. The number of amides is 2. The van der Waals surface area contributed by atoms with Gasteiger partial charge in [-0.15, -0.1) is 0 Å². The van der Waals surface area contributed by atoms with Gasteiger partial charge >= 0.3 is 0 Å². The predicted octanol–water partition coefficient (Wildman–Crippen LogP) is 0.108. The van der Waals surface area contributed by atoms with Crippen LogP contribution in [0.2, 0.25) is 0 Å². The van der Waals surface area contributed by atoms with E-state index in [4.69, 9.17) is 0 Å². The van der Waals surface area contributed by atoms with E-state index in [1.165, 1.54) is 11.8 Å². The Kier molecular flexibility index (Phi) is 2.32. The number of rotatable bonds is 0. The summed E-state index contributed by atoms with van der Waals surface area (Å²) >= 11 is 1.58. The van der Waals surface area contributed by atoms with Gasteiger partial charge in [-0.25, -0.2) is 0 Å². The third kappa shape index (κ3) is 1.50. The van der Waals surface area contributed by atoms with Crippen LogP contribution >= 0.6 is 11.8 Å². The van der Waals surface area contributed by atoms with Crippen LogP contribution in [0.25, 0.3) is 0 Å². The molecule has 1 aliphatic heterocycles. The molecular weight excluding hydrogens is 150 g/mol. The van der Waals surface area contributed by atoms with Gasteiger partial charge in [0.2, 0.25) is 11.8 Å². The Balaban J connectivity index is 2.56. The Hall–Kier alpha value is -0.510. The van der Waals surface area contributed by atoms with Crippen LogP contribution in [0.1, 0.15) is 6.92 Å². The highest BCUT2D eigenvalue weighted by Crippen LogP contribution is 2.10. The van der Waals surface area contributed by atoms with Gasteiger partial charge in [0.05, 0.1) is 5.75 Å². The molecule has 10 heavy (non-hydrogen) atoms. The largest absolute Gasteiger partial charge is 0.281 e. The molecule has 0 N–H and O–H groups in total. The molecule has 4 heteroatoms. The Morgan fingerprint density at radius 3 is 2.80 bits per heavy atom. The summed E-state index contributed by atoms with van der Waals surface area (Å²) in [4.78, 5) is 22.9. The second-order valence-electron chi connectivity index (χ2n) is 2.12. The van der Waals surface area contributed by atoms with Crippen molar-refractivity contribution >= 4 is 23.6 Å². The molecule has 3 nitrogen and oxygen atoms in total. The Bertz CT molecular complexity index is 169. The van der Waals surface area contributed by atoms with Crippen LogP contribution in [0.3, 0.4) is 0 Å². The zero-order valence-electron chi connectivity index (χ0n) is 5.79. The molecule has 1 fully saturated rings. The van der Waals surface area contributed by atoms with Crippen LogP contribution in [-0.4, -0.2) is 34.8 Å². The third-order valence-corrected chi connectivity index (χ3v) is 2.29. The monoisotopic (exact) mass is 159 g/mol. The maximum Gasteiger partial charge on any atom is 0.239 e. The first kappa shape index (κ1) is 7.60. The number of hydrogen-bond acceptors (Lipinski definition) is 3. The van der Waals surface area contributed by atoms with Gasteiger partial charge < -0.3 is 0 Å². The molecule has 56 valence electrons. The van der Waals surface area contributed by atoms with Crippen LogP contribution in [0.4, 0.5) is 0 Å². The minimum atomic E-state index is -0.134. The SMILES string of the molecule is CC(=O)N1CCSCC1=O. The molecule has 0 unspecified atom stereocenters. The molecule has 1 saturated heterocycles. The van der Waals surface area contributed by atoms with Gasteiger partial charge in [-0.3, -0.25) is 14.5 Å². The Morgan fingerprint density at radius 1 is 1.70 bits per heavy atom. The summed E-state index contributed by atoms with van der Waals surface area (Å²) in [5.41, 5.74) is 0. The first-order valence-corrected chi connectivity index (χ1v) is 4.26. The fourth-order valence-electron chi connectivity index (χ4n) is 0.851. The molecule has 0 bridgehead atoms. The van der Waals surface area contributed by atoms with Gasteiger partial charge in [-0.2, -0.15) is 11.8 Å². The van der Waals surface area contributed by atoms with Crippen molar-refractivity contribution < 1.29 is 9.59 Å². The number of hydrogen-bond donors (Lipinski definition) is 0. The first-order valence-electron chi connectivity index (χ1n) is 3.10. The third-order valence-electron chi connectivity index (χ3n) is 1.37. The van der Waals surface area contributed by atoms with Crippen molar-refractivity contribution in [2.75, 3.05) is 18.1 Å². The molecule has 0 spiro atoms. The maximum atomic E-state index is 10.9. The quantitative estimate of drug-likeness (QED) is 0.503. The molecule has 1 rings (SSSR count). The van der Waals surface area contributed by atoms with E-state index in [9.17, 15) is 9.59 Å². The summed E-state index contributed by atoms with van der Waals surface area (Å²) < 4.78 is 0. The minimum absolute atomic E-state index is 0.0521. The van der Waals surface area contributed by atoms with Gasteiger partial charge in [0, 0.05) is 19.2 Å². The van der Waals surface area contributed by atoms with E-state index in [0.29, 0.717) is 12.3 Å².